The molecule has 2 unspecified atom stereocenters. The van der Waals surface area contributed by atoms with Gasteiger partial charge < -0.3 is 14.8 Å². The van der Waals surface area contributed by atoms with Crippen LogP contribution in [0.25, 0.3) is 0 Å². The number of amides is 1. The molecule has 2 heterocycles. The van der Waals surface area contributed by atoms with Gasteiger partial charge >= 0.3 is 11.9 Å². The number of methoxy groups -OCH3 is 1. The molecule has 8 heteroatoms. The van der Waals surface area contributed by atoms with Crippen molar-refractivity contribution in [1.82, 2.24) is 0 Å². The average Bonchev–Trinajstić information content (AvgIpc) is 3.13. The first-order valence-electron chi connectivity index (χ1n) is 9.59. The Balaban J connectivity index is 1.78. The molecule has 0 bridgehead atoms. The summed E-state index contributed by atoms with van der Waals surface area (Å²) in [5.74, 6) is -2.90. The Morgan fingerprint density at radius 2 is 1.87 bits per heavy atom. The highest BCUT2D eigenvalue weighted by atomic mass is 35.5. The third-order valence-electron chi connectivity index (χ3n) is 5.38. The highest BCUT2D eigenvalue weighted by molar-refractivity contribution is 6.30. The number of hydrogen-bond donors (Lipinski definition) is 1. The Morgan fingerprint density at radius 3 is 2.58 bits per heavy atom. The molecule has 0 saturated heterocycles. The maximum Gasteiger partial charge on any atom is 0.337 e. The number of nitrogens with one attached hydrogen (secondary N) is 1. The van der Waals surface area contributed by atoms with Gasteiger partial charge in [-0.05, 0) is 42.8 Å². The van der Waals surface area contributed by atoms with E-state index in [1.807, 2.05) is 0 Å². The minimum atomic E-state index is -0.817. The van der Waals surface area contributed by atoms with E-state index < -0.39 is 23.8 Å². The number of nitrogens with zero attached hydrogens (tertiary/aromatic N) is 1. The number of carbonyl (C=O) groups is 3. The Bertz CT molecular complexity index is 1140. The molecule has 158 valence electrons. The average molecular weight is 439 g/mol. The van der Waals surface area contributed by atoms with Gasteiger partial charge in [0, 0.05) is 27.9 Å². The number of rotatable bonds is 4. The van der Waals surface area contributed by atoms with Crippen molar-refractivity contribution in [3.8, 4) is 0 Å². The van der Waals surface area contributed by atoms with Gasteiger partial charge in [-0.1, -0.05) is 29.8 Å². The van der Waals surface area contributed by atoms with Crippen LogP contribution in [-0.2, 0) is 19.1 Å². The van der Waals surface area contributed by atoms with Crippen molar-refractivity contribution in [3.05, 3.63) is 76.0 Å². The van der Waals surface area contributed by atoms with Gasteiger partial charge in [0.25, 0.3) is 5.91 Å². The molecule has 0 fully saturated rings. The van der Waals surface area contributed by atoms with Gasteiger partial charge in [-0.15, -0.1) is 0 Å². The second-order valence-corrected chi connectivity index (χ2v) is 7.65. The van der Waals surface area contributed by atoms with E-state index in [2.05, 4.69) is 10.3 Å². The number of benzene rings is 2. The lowest BCUT2D eigenvalue weighted by atomic mass is 9.75. The van der Waals surface area contributed by atoms with Crippen LogP contribution in [0.5, 0.6) is 0 Å². The molecule has 2 atom stereocenters. The van der Waals surface area contributed by atoms with E-state index in [0.29, 0.717) is 38.8 Å². The minimum absolute atomic E-state index is 0.0508. The van der Waals surface area contributed by atoms with Crippen molar-refractivity contribution in [3.63, 3.8) is 0 Å². The fourth-order valence-corrected chi connectivity index (χ4v) is 4.07. The monoisotopic (exact) mass is 438 g/mol. The highest BCUT2D eigenvalue weighted by Crippen LogP contribution is 2.44. The van der Waals surface area contributed by atoms with Gasteiger partial charge in [0.05, 0.1) is 18.4 Å². The number of para-hydroxylation sites is 1. The molecule has 2 aliphatic rings. The van der Waals surface area contributed by atoms with E-state index in [1.54, 1.807) is 55.5 Å². The number of esters is 2. The molecule has 0 spiro atoms. The van der Waals surface area contributed by atoms with E-state index in [4.69, 9.17) is 21.1 Å². The standard InChI is InChI=1S/C23H19ClN2O5/c1-12-18(22(28)30-2)19(20-17(25-12)11-31-23(20)29)15-5-3-4-6-16(15)26-21(27)13-7-9-14(24)10-8-13/h3-10,18-19H,11H2,1-2H3,(H,26,27). The molecular formula is C23H19ClN2O5. The molecule has 2 aliphatic heterocycles. The zero-order valence-corrected chi connectivity index (χ0v) is 17.6. The Kier molecular flexibility index (Phi) is 5.61. The molecule has 31 heavy (non-hydrogen) atoms. The van der Waals surface area contributed by atoms with Crippen LogP contribution in [0, 0.1) is 5.92 Å². The first-order valence-corrected chi connectivity index (χ1v) is 9.97. The largest absolute Gasteiger partial charge is 0.468 e. The number of halogens is 1. The van der Waals surface area contributed by atoms with Crippen molar-refractivity contribution >= 4 is 40.8 Å². The van der Waals surface area contributed by atoms with Gasteiger partial charge in [0.2, 0.25) is 0 Å². The first-order chi connectivity index (χ1) is 14.9. The van der Waals surface area contributed by atoms with Crippen molar-refractivity contribution < 1.29 is 23.9 Å². The summed E-state index contributed by atoms with van der Waals surface area (Å²) in [6.45, 7) is 1.77. The third-order valence-corrected chi connectivity index (χ3v) is 5.63. The Hall–Kier alpha value is -3.45. The molecule has 1 N–H and O–H groups in total. The smallest absolute Gasteiger partial charge is 0.337 e. The molecule has 0 aromatic heterocycles. The predicted molar refractivity (Wildman–Crippen MR) is 115 cm³/mol. The number of aliphatic imine (C=N–C) groups is 1. The molecule has 0 saturated carbocycles. The second kappa shape index (κ2) is 8.35. The van der Waals surface area contributed by atoms with Crippen molar-refractivity contribution in [2.24, 2.45) is 10.9 Å². The molecule has 2 aromatic carbocycles. The summed E-state index contributed by atoms with van der Waals surface area (Å²) in [6.07, 6.45) is 0. The van der Waals surface area contributed by atoms with Crippen LogP contribution in [0.1, 0.15) is 28.8 Å². The van der Waals surface area contributed by atoms with Gasteiger partial charge in [-0.2, -0.15) is 0 Å². The van der Waals surface area contributed by atoms with E-state index in [1.165, 1.54) is 7.11 Å². The summed E-state index contributed by atoms with van der Waals surface area (Å²) in [7, 11) is 1.29. The Morgan fingerprint density at radius 1 is 1.16 bits per heavy atom. The van der Waals surface area contributed by atoms with Gasteiger partial charge in [0.1, 0.15) is 12.5 Å². The zero-order valence-electron chi connectivity index (χ0n) is 16.8. The van der Waals surface area contributed by atoms with Crippen molar-refractivity contribution in [2.75, 3.05) is 19.0 Å². The van der Waals surface area contributed by atoms with Crippen LogP contribution in [0.4, 0.5) is 5.69 Å². The third kappa shape index (κ3) is 3.84. The van der Waals surface area contributed by atoms with E-state index in [0.717, 1.165) is 0 Å². The van der Waals surface area contributed by atoms with E-state index >= 15 is 0 Å². The molecule has 2 aromatic rings. The SMILES string of the molecule is COC(=O)C1C(C)=NC2=C(C(=O)OC2)C1c1ccccc1NC(=O)c1ccc(Cl)cc1. The summed E-state index contributed by atoms with van der Waals surface area (Å²) in [6, 6.07) is 13.5. The molecule has 0 radical (unpaired) electrons. The second-order valence-electron chi connectivity index (χ2n) is 7.22. The highest BCUT2D eigenvalue weighted by Gasteiger charge is 2.46. The summed E-state index contributed by atoms with van der Waals surface area (Å²) in [5.41, 5.74) is 2.82. The fraction of sp³-hybridized carbons (Fsp3) is 0.217. The quantitative estimate of drug-likeness (QED) is 0.733. The summed E-state index contributed by atoms with van der Waals surface area (Å²) in [4.78, 5) is 42.4. The molecule has 0 aliphatic carbocycles. The zero-order chi connectivity index (χ0) is 22.1. The van der Waals surface area contributed by atoms with Crippen LogP contribution in [-0.4, -0.2) is 37.3 Å². The van der Waals surface area contributed by atoms with Gasteiger partial charge in [0.15, 0.2) is 0 Å². The maximum atomic E-state index is 12.8. The predicted octanol–water partition coefficient (Wildman–Crippen LogP) is 3.75. The Labute approximate surface area is 183 Å². The maximum absolute atomic E-state index is 12.8. The molecule has 4 rings (SSSR count). The number of hydrogen-bond acceptors (Lipinski definition) is 6. The van der Waals surface area contributed by atoms with Crippen molar-refractivity contribution in [1.29, 1.82) is 0 Å². The van der Waals surface area contributed by atoms with Gasteiger partial charge in [-0.3, -0.25) is 14.6 Å². The lowest BCUT2D eigenvalue weighted by Gasteiger charge is -2.30. The van der Waals surface area contributed by atoms with E-state index in [9.17, 15) is 14.4 Å². The first kappa shape index (κ1) is 20.8. The molecule has 1 amide bonds. The van der Waals surface area contributed by atoms with Gasteiger partial charge in [-0.25, -0.2) is 4.79 Å². The minimum Gasteiger partial charge on any atom is -0.468 e. The van der Waals surface area contributed by atoms with Crippen molar-refractivity contribution in [2.45, 2.75) is 12.8 Å². The molecule has 7 nitrogen and oxygen atoms in total. The van der Waals surface area contributed by atoms with Crippen LogP contribution >= 0.6 is 11.6 Å². The summed E-state index contributed by atoms with van der Waals surface area (Å²) >= 11 is 5.91. The summed E-state index contributed by atoms with van der Waals surface area (Å²) in [5, 5.41) is 3.40. The normalized spacial score (nSPS) is 20.0. The van der Waals surface area contributed by atoms with Crippen LogP contribution in [0.15, 0.2) is 64.8 Å². The van der Waals surface area contributed by atoms with E-state index in [-0.39, 0.29) is 12.5 Å². The topological polar surface area (TPSA) is 94.1 Å². The van der Waals surface area contributed by atoms with Crippen LogP contribution in [0.3, 0.4) is 0 Å². The number of carbonyl (C=O) groups excluding carboxylic acids is 3. The van der Waals surface area contributed by atoms with Crippen LogP contribution in [0.2, 0.25) is 5.02 Å². The summed E-state index contributed by atoms with van der Waals surface area (Å²) < 4.78 is 10.2. The lowest BCUT2D eigenvalue weighted by Crippen LogP contribution is -2.35. The number of ether oxygens (including phenoxy) is 2. The number of cyclic esters (lactones) is 1. The fourth-order valence-electron chi connectivity index (χ4n) is 3.94. The van der Waals surface area contributed by atoms with Crippen LogP contribution < -0.4 is 5.32 Å². The lowest BCUT2D eigenvalue weighted by molar-refractivity contribution is -0.143. The molecular weight excluding hydrogens is 420 g/mol. The number of anilines is 1.